The minimum Gasteiger partial charge on any atom is -0.456 e. The molecule has 348 valence electrons. The molecule has 4 bridgehead atoms. The second-order valence-electron chi connectivity index (χ2n) is 23.2. The van der Waals surface area contributed by atoms with Gasteiger partial charge >= 0.3 is 0 Å². The fourth-order valence-electron chi connectivity index (χ4n) is 16.6. The van der Waals surface area contributed by atoms with E-state index in [4.69, 9.17) is 4.42 Å². The van der Waals surface area contributed by atoms with Crippen molar-refractivity contribution in [2.24, 2.45) is 23.7 Å². The Morgan fingerprint density at radius 2 is 1.01 bits per heavy atom. The average Bonchev–Trinajstić information content (AvgIpc) is 4.02. The summed E-state index contributed by atoms with van der Waals surface area (Å²) in [5.41, 5.74) is 21.7. The van der Waals surface area contributed by atoms with Crippen LogP contribution in [0.2, 0.25) is 0 Å². The lowest BCUT2D eigenvalue weighted by Crippen LogP contribution is -2.55. The summed E-state index contributed by atoms with van der Waals surface area (Å²) in [7, 11) is 0. The first kappa shape index (κ1) is 40.6. The highest BCUT2D eigenvalue weighted by atomic mass is 16.3. The maximum Gasteiger partial charge on any atom is 0.137 e. The summed E-state index contributed by atoms with van der Waals surface area (Å²) in [5.74, 6) is 2.82. The predicted octanol–water partition coefficient (Wildman–Crippen LogP) is 19.3. The Kier molecular flexibility index (Phi) is 8.01. The van der Waals surface area contributed by atoms with Gasteiger partial charge in [0.15, 0.2) is 0 Å². The Hall–Kier alpha value is -7.94. The molecule has 6 aliphatic rings. The number of benzene rings is 11. The molecule has 0 unspecified atom stereocenters. The number of rotatable bonds is 5. The molecule has 11 aromatic carbocycles. The van der Waals surface area contributed by atoms with Gasteiger partial charge in [0.2, 0.25) is 0 Å². The second kappa shape index (κ2) is 14.4. The van der Waals surface area contributed by atoms with Crippen LogP contribution >= 0.6 is 0 Å². The van der Waals surface area contributed by atoms with E-state index >= 15 is 0 Å². The smallest absolute Gasteiger partial charge is 0.137 e. The first-order valence-electron chi connectivity index (χ1n) is 26.9. The molecular formula is C71H53NO. The summed E-state index contributed by atoms with van der Waals surface area (Å²) in [6.07, 6.45) is 6.67. The molecule has 2 nitrogen and oxygen atoms in total. The molecule has 2 heteroatoms. The van der Waals surface area contributed by atoms with Crippen LogP contribution in [0.15, 0.2) is 205 Å². The summed E-state index contributed by atoms with van der Waals surface area (Å²) in [6, 6.07) is 76.9. The summed E-state index contributed by atoms with van der Waals surface area (Å²) in [6.45, 7) is 4.82. The third kappa shape index (κ3) is 5.33. The van der Waals surface area contributed by atoms with Crippen LogP contribution in [0, 0.1) is 23.7 Å². The van der Waals surface area contributed by atoms with E-state index in [9.17, 15) is 0 Å². The molecule has 0 N–H and O–H groups in total. The van der Waals surface area contributed by atoms with E-state index < -0.39 is 0 Å². The van der Waals surface area contributed by atoms with Crippen LogP contribution < -0.4 is 4.90 Å². The number of fused-ring (bicyclic) bond motifs is 9. The standard InChI is InChI=1S/C71H53NO/c1-70(2)61-20-8-6-16-53(61)54-30-26-49(37-62(54)70)72(50-27-31-56-55-17-7-9-21-65(55)73-66(56)38-50)64-40-63-59(39-60(64)52-28-24-46-23-22-44-14-10-15-45-25-29-57(52)68(46)67(44)45)58-19-11-18-51(43-12-4-3-5-13-43)69(58)71(63)47-33-41-32-42(35-47)36-48(71)34-41/h3-31,37-42,47-48H,32-36H2,1-2H3. The monoisotopic (exact) mass is 935 g/mol. The van der Waals surface area contributed by atoms with Gasteiger partial charge < -0.3 is 9.32 Å². The van der Waals surface area contributed by atoms with Crippen molar-refractivity contribution in [2.45, 2.75) is 56.8 Å². The largest absolute Gasteiger partial charge is 0.456 e. The highest BCUT2D eigenvalue weighted by Gasteiger charge is 2.62. The molecule has 18 rings (SSSR count). The molecular weight excluding hydrogens is 883 g/mol. The molecule has 1 spiro atoms. The molecule has 0 radical (unpaired) electrons. The van der Waals surface area contributed by atoms with Gasteiger partial charge in [-0.25, -0.2) is 0 Å². The van der Waals surface area contributed by atoms with Gasteiger partial charge in [-0.1, -0.05) is 166 Å². The van der Waals surface area contributed by atoms with Crippen LogP contribution in [-0.2, 0) is 10.8 Å². The summed E-state index contributed by atoms with van der Waals surface area (Å²) < 4.78 is 6.80. The van der Waals surface area contributed by atoms with Crippen molar-refractivity contribution in [3.63, 3.8) is 0 Å². The minimum absolute atomic E-state index is 0.101. The van der Waals surface area contributed by atoms with Crippen molar-refractivity contribution in [2.75, 3.05) is 4.90 Å². The lowest BCUT2D eigenvalue weighted by Gasteiger charge is -2.61. The number of para-hydroxylation sites is 1. The molecule has 4 fully saturated rings. The van der Waals surface area contributed by atoms with Crippen LogP contribution in [0.4, 0.5) is 17.1 Å². The molecule has 1 heterocycles. The number of anilines is 3. The molecule has 0 aliphatic heterocycles. The van der Waals surface area contributed by atoms with Gasteiger partial charge in [0, 0.05) is 44.6 Å². The van der Waals surface area contributed by atoms with E-state index in [-0.39, 0.29) is 10.8 Å². The first-order chi connectivity index (χ1) is 35.9. The summed E-state index contributed by atoms with van der Waals surface area (Å²) in [5, 5.41) is 10.1. The van der Waals surface area contributed by atoms with Crippen molar-refractivity contribution in [3.8, 4) is 44.5 Å². The van der Waals surface area contributed by atoms with Gasteiger partial charge in [-0.3, -0.25) is 0 Å². The zero-order chi connectivity index (χ0) is 47.9. The molecule has 0 saturated heterocycles. The lowest BCUT2D eigenvalue weighted by molar-refractivity contribution is -0.0397. The third-order valence-electron chi connectivity index (χ3n) is 19.4. The van der Waals surface area contributed by atoms with E-state index in [0.717, 1.165) is 45.1 Å². The average molecular weight is 936 g/mol. The van der Waals surface area contributed by atoms with E-state index in [0.29, 0.717) is 11.8 Å². The van der Waals surface area contributed by atoms with E-state index in [1.165, 1.54) is 126 Å². The summed E-state index contributed by atoms with van der Waals surface area (Å²) in [4.78, 5) is 2.63. The van der Waals surface area contributed by atoms with Crippen LogP contribution in [0.25, 0.3) is 98.8 Å². The molecule has 6 aliphatic carbocycles. The fraction of sp³-hybridized carbons (Fsp3) is 0.183. The number of nitrogens with zero attached hydrogens (tertiary/aromatic N) is 1. The maximum absolute atomic E-state index is 6.80. The van der Waals surface area contributed by atoms with Crippen molar-refractivity contribution >= 4 is 71.3 Å². The highest BCUT2D eigenvalue weighted by molar-refractivity contribution is 6.26. The molecule has 0 amide bonds. The second-order valence-corrected chi connectivity index (χ2v) is 23.2. The number of hydrogen-bond acceptors (Lipinski definition) is 2. The fourth-order valence-corrected chi connectivity index (χ4v) is 16.6. The first-order valence-corrected chi connectivity index (χ1v) is 26.9. The Balaban J connectivity index is 1.01. The van der Waals surface area contributed by atoms with Crippen LogP contribution in [0.3, 0.4) is 0 Å². The van der Waals surface area contributed by atoms with Crippen molar-refractivity contribution in [1.82, 2.24) is 0 Å². The molecule has 0 atom stereocenters. The van der Waals surface area contributed by atoms with Crippen molar-refractivity contribution in [1.29, 1.82) is 0 Å². The minimum atomic E-state index is -0.178. The Morgan fingerprint density at radius 1 is 0.397 bits per heavy atom. The SMILES string of the molecule is CC1(C)c2ccccc2-c2ccc(N(c3ccc4c(c3)oc3ccccc34)c3cc4c(cc3-c3ccc5ccc6cccc7ccc3c5c67)-c3cccc(-c5ccccc5)c3C43C4CC5CC(C4)CC3C5)cc21. The zero-order valence-electron chi connectivity index (χ0n) is 41.3. The molecule has 1 aromatic heterocycles. The highest BCUT2D eigenvalue weighted by Crippen LogP contribution is 2.71. The van der Waals surface area contributed by atoms with Gasteiger partial charge in [-0.05, 0) is 192 Å². The number of furan rings is 1. The normalized spacial score (nSPS) is 21.7. The topological polar surface area (TPSA) is 16.4 Å². The van der Waals surface area contributed by atoms with Crippen LogP contribution in [0.1, 0.15) is 68.2 Å². The zero-order valence-corrected chi connectivity index (χ0v) is 41.3. The van der Waals surface area contributed by atoms with Gasteiger partial charge in [-0.15, -0.1) is 0 Å². The Morgan fingerprint density at radius 3 is 1.85 bits per heavy atom. The lowest BCUT2D eigenvalue weighted by atomic mass is 9.42. The quantitative estimate of drug-likeness (QED) is 0.160. The van der Waals surface area contributed by atoms with E-state index in [1.54, 1.807) is 11.1 Å². The van der Waals surface area contributed by atoms with E-state index in [1.807, 2.05) is 0 Å². The molecule has 12 aromatic rings. The van der Waals surface area contributed by atoms with Crippen LogP contribution in [-0.4, -0.2) is 0 Å². The molecule has 4 saturated carbocycles. The van der Waals surface area contributed by atoms with Gasteiger partial charge in [0.05, 0.1) is 5.69 Å². The van der Waals surface area contributed by atoms with Crippen molar-refractivity contribution < 1.29 is 4.42 Å². The Bertz CT molecular complexity index is 4280. The predicted molar refractivity (Wildman–Crippen MR) is 304 cm³/mol. The maximum atomic E-state index is 6.80. The van der Waals surface area contributed by atoms with Gasteiger partial charge in [0.25, 0.3) is 0 Å². The third-order valence-corrected chi connectivity index (χ3v) is 19.4. The summed E-state index contributed by atoms with van der Waals surface area (Å²) >= 11 is 0. The number of hydrogen-bond donors (Lipinski definition) is 0. The van der Waals surface area contributed by atoms with Crippen LogP contribution in [0.5, 0.6) is 0 Å². The molecule has 73 heavy (non-hydrogen) atoms. The Labute approximate surface area is 425 Å². The van der Waals surface area contributed by atoms with Crippen molar-refractivity contribution in [3.05, 3.63) is 222 Å². The van der Waals surface area contributed by atoms with Gasteiger partial charge in [-0.2, -0.15) is 0 Å². The van der Waals surface area contributed by atoms with Gasteiger partial charge in [0.1, 0.15) is 11.2 Å². The van der Waals surface area contributed by atoms with E-state index in [2.05, 4.69) is 219 Å².